The molecule has 1 aromatic heterocycles. The summed E-state index contributed by atoms with van der Waals surface area (Å²) in [5, 5.41) is 7.58. The lowest BCUT2D eigenvalue weighted by molar-refractivity contribution is 0.597. The number of anilines is 1. The zero-order valence-corrected chi connectivity index (χ0v) is 13.7. The van der Waals surface area contributed by atoms with Crippen molar-refractivity contribution in [2.24, 2.45) is 0 Å². The second-order valence-corrected chi connectivity index (χ2v) is 6.93. The van der Waals surface area contributed by atoms with Crippen molar-refractivity contribution in [2.45, 2.75) is 18.4 Å². The number of aryl methyl sites for hydroxylation is 1. The molecule has 24 heavy (non-hydrogen) atoms. The zero-order chi connectivity index (χ0) is 17.2. The van der Waals surface area contributed by atoms with Gasteiger partial charge in [-0.05, 0) is 36.2 Å². The minimum absolute atomic E-state index is 0.00170. The first-order chi connectivity index (χ1) is 11.5. The lowest BCUT2D eigenvalue weighted by atomic mass is 10.2. The van der Waals surface area contributed by atoms with Crippen molar-refractivity contribution in [1.29, 1.82) is 0 Å². The van der Waals surface area contributed by atoms with Gasteiger partial charge in [0.15, 0.2) is 0 Å². The summed E-state index contributed by atoms with van der Waals surface area (Å²) in [5.74, 6) is -0.388. The number of aromatic nitrogens is 3. The molecule has 8 heteroatoms. The average molecular weight is 346 g/mol. The van der Waals surface area contributed by atoms with Crippen LogP contribution >= 0.6 is 0 Å². The van der Waals surface area contributed by atoms with Gasteiger partial charge in [-0.15, -0.1) is 10.2 Å². The van der Waals surface area contributed by atoms with Gasteiger partial charge >= 0.3 is 0 Å². The molecule has 0 aliphatic rings. The van der Waals surface area contributed by atoms with Crippen LogP contribution in [0.2, 0.25) is 0 Å². The van der Waals surface area contributed by atoms with Crippen LogP contribution in [-0.4, -0.2) is 23.2 Å². The molecule has 0 aliphatic carbocycles. The van der Waals surface area contributed by atoms with E-state index in [1.54, 1.807) is 4.57 Å². The summed E-state index contributed by atoms with van der Waals surface area (Å²) in [6.45, 7) is 1.96. The van der Waals surface area contributed by atoms with Gasteiger partial charge in [-0.2, -0.15) is 0 Å². The third kappa shape index (κ3) is 3.43. The molecule has 0 unspecified atom stereocenters. The third-order valence-corrected chi connectivity index (χ3v) is 4.95. The Balaban J connectivity index is 1.87. The number of nitrogens with one attached hydrogen (secondary N) is 1. The summed E-state index contributed by atoms with van der Waals surface area (Å²) in [4.78, 5) is -0.00170. The van der Waals surface area contributed by atoms with Gasteiger partial charge in [0.2, 0.25) is 5.95 Å². The first-order valence-electron chi connectivity index (χ1n) is 7.16. The number of hydrogen-bond acceptors (Lipinski definition) is 4. The summed E-state index contributed by atoms with van der Waals surface area (Å²) < 4.78 is 42.2. The summed E-state index contributed by atoms with van der Waals surface area (Å²) in [6.07, 6.45) is 1.45. The fourth-order valence-corrected chi connectivity index (χ4v) is 3.56. The molecule has 0 spiro atoms. The molecule has 1 heterocycles. The molecule has 0 saturated heterocycles. The molecule has 0 bridgehead atoms. The number of sulfonamides is 1. The van der Waals surface area contributed by atoms with Crippen LogP contribution in [0.1, 0.15) is 11.1 Å². The monoisotopic (exact) mass is 346 g/mol. The highest BCUT2D eigenvalue weighted by atomic mass is 32.2. The maximum absolute atomic E-state index is 13.2. The van der Waals surface area contributed by atoms with E-state index in [0.717, 1.165) is 11.6 Å². The molecule has 3 rings (SSSR count). The van der Waals surface area contributed by atoms with Crippen molar-refractivity contribution in [2.75, 3.05) is 4.72 Å². The first kappa shape index (κ1) is 16.1. The second kappa shape index (κ2) is 6.40. The SMILES string of the molecule is Cc1cc(F)ccc1S(=O)(=O)Nc1nncn1Cc1ccccc1. The van der Waals surface area contributed by atoms with E-state index >= 15 is 0 Å². The van der Waals surface area contributed by atoms with E-state index < -0.39 is 15.8 Å². The lowest BCUT2D eigenvalue weighted by Gasteiger charge is -2.11. The zero-order valence-electron chi connectivity index (χ0n) is 12.8. The van der Waals surface area contributed by atoms with E-state index in [4.69, 9.17) is 0 Å². The highest BCUT2D eigenvalue weighted by molar-refractivity contribution is 7.92. The van der Waals surface area contributed by atoms with E-state index in [2.05, 4.69) is 14.9 Å². The molecule has 0 radical (unpaired) electrons. The van der Waals surface area contributed by atoms with Crippen LogP contribution in [0.5, 0.6) is 0 Å². The van der Waals surface area contributed by atoms with Gasteiger partial charge < -0.3 is 0 Å². The van der Waals surface area contributed by atoms with Crippen LogP contribution in [0.3, 0.4) is 0 Å². The van der Waals surface area contributed by atoms with Crippen LogP contribution in [-0.2, 0) is 16.6 Å². The smallest absolute Gasteiger partial charge is 0.264 e. The Hall–Kier alpha value is -2.74. The Bertz CT molecular complexity index is 955. The van der Waals surface area contributed by atoms with Gasteiger partial charge in [0.05, 0.1) is 11.4 Å². The molecular formula is C16H15FN4O2S. The normalized spacial score (nSPS) is 11.4. The molecule has 124 valence electrons. The minimum Gasteiger partial charge on any atom is -0.295 e. The summed E-state index contributed by atoms with van der Waals surface area (Å²) >= 11 is 0. The predicted molar refractivity (Wildman–Crippen MR) is 87.5 cm³/mol. The van der Waals surface area contributed by atoms with E-state index in [9.17, 15) is 12.8 Å². The Morgan fingerprint density at radius 3 is 2.62 bits per heavy atom. The van der Waals surface area contributed by atoms with E-state index in [1.807, 2.05) is 30.3 Å². The third-order valence-electron chi connectivity index (χ3n) is 3.46. The Morgan fingerprint density at radius 1 is 1.17 bits per heavy atom. The van der Waals surface area contributed by atoms with Crippen molar-refractivity contribution in [3.63, 3.8) is 0 Å². The quantitative estimate of drug-likeness (QED) is 0.770. The predicted octanol–water partition coefficient (Wildman–Crippen LogP) is 2.57. The molecule has 0 atom stereocenters. The Morgan fingerprint density at radius 2 is 1.92 bits per heavy atom. The minimum atomic E-state index is -3.89. The molecule has 0 aliphatic heterocycles. The maximum Gasteiger partial charge on any atom is 0.264 e. The van der Waals surface area contributed by atoms with Gasteiger partial charge in [-0.3, -0.25) is 4.57 Å². The first-order valence-corrected chi connectivity index (χ1v) is 8.65. The average Bonchev–Trinajstić information content (AvgIpc) is 2.94. The molecule has 2 aromatic carbocycles. The highest BCUT2D eigenvalue weighted by Gasteiger charge is 2.20. The van der Waals surface area contributed by atoms with Crippen molar-refractivity contribution < 1.29 is 12.8 Å². The van der Waals surface area contributed by atoms with Crippen molar-refractivity contribution in [3.8, 4) is 0 Å². The molecule has 0 saturated carbocycles. The van der Waals surface area contributed by atoms with Gasteiger partial charge in [0.1, 0.15) is 12.1 Å². The largest absolute Gasteiger partial charge is 0.295 e. The van der Waals surface area contributed by atoms with E-state index in [0.29, 0.717) is 12.1 Å². The Labute approximate surface area is 139 Å². The van der Waals surface area contributed by atoms with Crippen LogP contribution in [0.25, 0.3) is 0 Å². The molecule has 0 fully saturated rings. The number of rotatable bonds is 5. The molecular weight excluding hydrogens is 331 g/mol. The van der Waals surface area contributed by atoms with Crippen molar-refractivity contribution >= 4 is 16.0 Å². The van der Waals surface area contributed by atoms with Crippen molar-refractivity contribution in [1.82, 2.24) is 14.8 Å². The fourth-order valence-electron chi connectivity index (χ4n) is 2.32. The summed E-state index contributed by atoms with van der Waals surface area (Å²) in [7, 11) is -3.89. The molecule has 1 N–H and O–H groups in total. The number of benzene rings is 2. The Kier molecular flexibility index (Phi) is 4.30. The van der Waals surface area contributed by atoms with E-state index in [-0.39, 0.29) is 10.8 Å². The fraction of sp³-hybridized carbons (Fsp3) is 0.125. The van der Waals surface area contributed by atoms with Crippen LogP contribution < -0.4 is 4.72 Å². The van der Waals surface area contributed by atoms with E-state index in [1.165, 1.54) is 25.4 Å². The van der Waals surface area contributed by atoms with Gasteiger partial charge in [-0.25, -0.2) is 17.5 Å². The molecule has 6 nitrogen and oxygen atoms in total. The summed E-state index contributed by atoms with van der Waals surface area (Å²) in [6, 6.07) is 13.0. The molecule has 0 amide bonds. The van der Waals surface area contributed by atoms with Crippen molar-refractivity contribution in [3.05, 3.63) is 71.8 Å². The topological polar surface area (TPSA) is 76.9 Å². The van der Waals surface area contributed by atoms with Crippen LogP contribution in [0.15, 0.2) is 59.8 Å². The molecule has 3 aromatic rings. The summed E-state index contributed by atoms with van der Waals surface area (Å²) in [5.41, 5.74) is 1.30. The van der Waals surface area contributed by atoms with Gasteiger partial charge in [0.25, 0.3) is 10.0 Å². The number of hydrogen-bond donors (Lipinski definition) is 1. The highest BCUT2D eigenvalue weighted by Crippen LogP contribution is 2.19. The number of nitrogens with zero attached hydrogens (tertiary/aromatic N) is 3. The number of halogens is 1. The standard InChI is InChI=1S/C16H15FN4O2S/c1-12-9-14(17)7-8-15(12)24(22,23)20-16-19-18-11-21(16)10-13-5-3-2-4-6-13/h2-9,11H,10H2,1H3,(H,19,20). The lowest BCUT2D eigenvalue weighted by Crippen LogP contribution is -2.18. The van der Waals surface area contributed by atoms with Gasteiger partial charge in [-0.1, -0.05) is 30.3 Å². The van der Waals surface area contributed by atoms with Crippen LogP contribution in [0.4, 0.5) is 10.3 Å². The van der Waals surface area contributed by atoms with Gasteiger partial charge in [0, 0.05) is 0 Å². The van der Waals surface area contributed by atoms with Crippen LogP contribution in [0, 0.1) is 12.7 Å². The second-order valence-electron chi connectivity index (χ2n) is 5.28. The maximum atomic E-state index is 13.2.